The van der Waals surface area contributed by atoms with Crippen LogP contribution < -0.4 is 0 Å². The van der Waals surface area contributed by atoms with Crippen molar-refractivity contribution in [1.82, 2.24) is 4.90 Å². The van der Waals surface area contributed by atoms with Gasteiger partial charge < -0.3 is 0 Å². The molecule has 0 N–H and O–H groups in total. The summed E-state index contributed by atoms with van der Waals surface area (Å²) in [6, 6.07) is 11.0. The molecule has 1 aromatic carbocycles. The van der Waals surface area contributed by atoms with Crippen LogP contribution in [0.2, 0.25) is 0 Å². The fourth-order valence-electron chi connectivity index (χ4n) is 1.77. The normalized spacial score (nSPS) is 12.4. The first-order chi connectivity index (χ1) is 8.17. The maximum absolute atomic E-state index is 8.57. The Labute approximate surface area is 105 Å². The smallest absolute Gasteiger partial charge is 0.0863 e. The third-order valence-corrected chi connectivity index (χ3v) is 3.28. The number of benzene rings is 1. The van der Waals surface area contributed by atoms with Crippen LogP contribution in [0.4, 0.5) is 0 Å². The molecule has 2 heteroatoms. The van der Waals surface area contributed by atoms with Gasteiger partial charge in [0.15, 0.2) is 0 Å². The van der Waals surface area contributed by atoms with Gasteiger partial charge in [0, 0.05) is 6.54 Å². The largest absolute Gasteiger partial charge is 0.293 e. The van der Waals surface area contributed by atoms with Crippen LogP contribution in [0.15, 0.2) is 24.3 Å². The van der Waals surface area contributed by atoms with Gasteiger partial charge >= 0.3 is 0 Å². The lowest BCUT2D eigenvalue weighted by molar-refractivity contribution is 0.379. The molecular formula is C15H22N2. The quantitative estimate of drug-likeness (QED) is 0.702. The molecule has 0 aliphatic rings. The Kier molecular flexibility index (Phi) is 5.72. The molecule has 0 radical (unpaired) electrons. The second kappa shape index (κ2) is 7.09. The molecule has 1 aromatic rings. The molecule has 17 heavy (non-hydrogen) atoms. The molecule has 0 amide bonds. The predicted molar refractivity (Wildman–Crippen MR) is 72.0 cm³/mol. The Morgan fingerprint density at radius 3 is 2.47 bits per heavy atom. The van der Waals surface area contributed by atoms with Crippen LogP contribution in [0.5, 0.6) is 0 Å². The predicted octanol–water partition coefficient (Wildman–Crippen LogP) is 3.20. The molecule has 1 atom stereocenters. The summed E-state index contributed by atoms with van der Waals surface area (Å²) in [5.74, 6) is 0.644. The van der Waals surface area contributed by atoms with Gasteiger partial charge in [0.05, 0.1) is 12.6 Å². The van der Waals surface area contributed by atoms with E-state index >= 15 is 0 Å². The van der Waals surface area contributed by atoms with Gasteiger partial charge in [-0.1, -0.05) is 38.1 Å². The molecule has 0 bridgehead atoms. The van der Waals surface area contributed by atoms with Crippen LogP contribution in [0.25, 0.3) is 0 Å². The highest BCUT2D eigenvalue weighted by Gasteiger charge is 2.03. The van der Waals surface area contributed by atoms with Crippen molar-refractivity contribution < 1.29 is 0 Å². The van der Waals surface area contributed by atoms with Crippen LogP contribution in [-0.4, -0.2) is 25.0 Å². The maximum atomic E-state index is 8.57. The van der Waals surface area contributed by atoms with Gasteiger partial charge in [-0.25, -0.2) is 0 Å². The second-order valence-corrected chi connectivity index (χ2v) is 4.70. The Hall–Kier alpha value is -1.33. The average molecular weight is 230 g/mol. The molecule has 0 aliphatic carbocycles. The summed E-state index contributed by atoms with van der Waals surface area (Å²) in [6.07, 6.45) is 2.20. The Morgan fingerprint density at radius 2 is 1.94 bits per heavy atom. The van der Waals surface area contributed by atoms with E-state index in [9.17, 15) is 0 Å². The van der Waals surface area contributed by atoms with Gasteiger partial charge in [0.2, 0.25) is 0 Å². The molecule has 0 spiro atoms. The van der Waals surface area contributed by atoms with E-state index in [4.69, 9.17) is 5.26 Å². The second-order valence-electron chi connectivity index (χ2n) is 4.70. The summed E-state index contributed by atoms with van der Waals surface area (Å²) < 4.78 is 0. The molecule has 1 rings (SSSR count). The molecule has 0 aromatic heterocycles. The minimum Gasteiger partial charge on any atom is -0.293 e. The molecule has 1 unspecified atom stereocenters. The summed E-state index contributed by atoms with van der Waals surface area (Å²) in [5.41, 5.74) is 2.77. The molecule has 0 fully saturated rings. The number of hydrogen-bond donors (Lipinski definition) is 0. The zero-order chi connectivity index (χ0) is 12.7. The standard InChI is InChI=1S/C15H22N2/c1-4-13(2)15-7-5-14(6-8-15)9-11-17(3)12-10-16/h5-8,13H,4,9,11-12H2,1-3H3. The van der Waals surface area contributed by atoms with E-state index in [0.717, 1.165) is 13.0 Å². The highest BCUT2D eigenvalue weighted by Crippen LogP contribution is 2.18. The van der Waals surface area contributed by atoms with E-state index in [1.54, 1.807) is 0 Å². The van der Waals surface area contributed by atoms with Crippen molar-refractivity contribution in [3.8, 4) is 6.07 Å². The monoisotopic (exact) mass is 230 g/mol. The summed E-state index contributed by atoms with van der Waals surface area (Å²) in [6.45, 7) is 5.92. The zero-order valence-corrected chi connectivity index (χ0v) is 11.1. The van der Waals surface area contributed by atoms with E-state index in [1.807, 2.05) is 11.9 Å². The summed E-state index contributed by atoms with van der Waals surface area (Å²) in [5, 5.41) is 8.57. The molecule has 92 valence electrons. The number of rotatable bonds is 6. The fraction of sp³-hybridized carbons (Fsp3) is 0.533. The lowest BCUT2D eigenvalue weighted by Gasteiger charge is -2.13. The number of hydrogen-bond acceptors (Lipinski definition) is 2. The van der Waals surface area contributed by atoms with E-state index in [-0.39, 0.29) is 0 Å². The third kappa shape index (κ3) is 4.58. The molecule has 0 heterocycles. The zero-order valence-electron chi connectivity index (χ0n) is 11.1. The highest BCUT2D eigenvalue weighted by atomic mass is 15.1. The number of nitriles is 1. The lowest BCUT2D eigenvalue weighted by atomic mass is 9.97. The molecule has 0 saturated heterocycles. The number of nitrogens with zero attached hydrogens (tertiary/aromatic N) is 2. The van der Waals surface area contributed by atoms with E-state index in [2.05, 4.69) is 44.2 Å². The molecule has 2 nitrogen and oxygen atoms in total. The van der Waals surface area contributed by atoms with Gasteiger partial charge in [0.1, 0.15) is 0 Å². The minimum absolute atomic E-state index is 0.505. The lowest BCUT2D eigenvalue weighted by Crippen LogP contribution is -2.21. The minimum atomic E-state index is 0.505. The van der Waals surface area contributed by atoms with Crippen LogP contribution in [0.1, 0.15) is 37.3 Å². The Morgan fingerprint density at radius 1 is 1.29 bits per heavy atom. The molecular weight excluding hydrogens is 208 g/mol. The van der Waals surface area contributed by atoms with Crippen LogP contribution in [-0.2, 0) is 6.42 Å². The van der Waals surface area contributed by atoms with Gasteiger partial charge in [-0.2, -0.15) is 5.26 Å². The summed E-state index contributed by atoms with van der Waals surface area (Å²) in [7, 11) is 1.98. The van der Waals surface area contributed by atoms with Crippen molar-refractivity contribution in [2.24, 2.45) is 0 Å². The van der Waals surface area contributed by atoms with Crippen LogP contribution in [0.3, 0.4) is 0 Å². The number of likely N-dealkylation sites (N-methyl/N-ethyl adjacent to an activating group) is 1. The van der Waals surface area contributed by atoms with Crippen molar-refractivity contribution in [3.05, 3.63) is 35.4 Å². The topological polar surface area (TPSA) is 27.0 Å². The van der Waals surface area contributed by atoms with E-state index in [0.29, 0.717) is 12.5 Å². The first-order valence-electron chi connectivity index (χ1n) is 6.31. The van der Waals surface area contributed by atoms with Crippen LogP contribution >= 0.6 is 0 Å². The fourth-order valence-corrected chi connectivity index (χ4v) is 1.77. The first-order valence-corrected chi connectivity index (χ1v) is 6.31. The van der Waals surface area contributed by atoms with Gasteiger partial charge in [-0.15, -0.1) is 0 Å². The van der Waals surface area contributed by atoms with Crippen molar-refractivity contribution in [2.75, 3.05) is 20.1 Å². The average Bonchev–Trinajstić information content (AvgIpc) is 2.36. The Balaban J connectivity index is 2.49. The maximum Gasteiger partial charge on any atom is 0.0863 e. The third-order valence-electron chi connectivity index (χ3n) is 3.28. The molecule has 0 aliphatic heterocycles. The SMILES string of the molecule is CCC(C)c1ccc(CCN(C)CC#N)cc1. The van der Waals surface area contributed by atoms with Crippen molar-refractivity contribution in [1.29, 1.82) is 5.26 Å². The van der Waals surface area contributed by atoms with Crippen molar-refractivity contribution >= 4 is 0 Å². The van der Waals surface area contributed by atoms with Gasteiger partial charge in [-0.05, 0) is 36.9 Å². The van der Waals surface area contributed by atoms with Gasteiger partial charge in [0.25, 0.3) is 0 Å². The van der Waals surface area contributed by atoms with E-state index < -0.39 is 0 Å². The van der Waals surface area contributed by atoms with Gasteiger partial charge in [-0.3, -0.25) is 4.90 Å². The first kappa shape index (κ1) is 13.7. The molecule has 0 saturated carbocycles. The van der Waals surface area contributed by atoms with Crippen molar-refractivity contribution in [3.63, 3.8) is 0 Å². The van der Waals surface area contributed by atoms with E-state index in [1.165, 1.54) is 17.5 Å². The highest BCUT2D eigenvalue weighted by molar-refractivity contribution is 5.25. The summed E-state index contributed by atoms with van der Waals surface area (Å²) in [4.78, 5) is 2.04. The van der Waals surface area contributed by atoms with Crippen molar-refractivity contribution in [2.45, 2.75) is 32.6 Å². The summed E-state index contributed by atoms with van der Waals surface area (Å²) >= 11 is 0. The Bertz CT molecular complexity index is 362. The van der Waals surface area contributed by atoms with Crippen LogP contribution in [0, 0.1) is 11.3 Å².